The molecule has 0 radical (unpaired) electrons. The van der Waals surface area contributed by atoms with E-state index in [1.54, 1.807) is 20.8 Å². The molecule has 1 fully saturated rings. The highest BCUT2D eigenvalue weighted by Gasteiger charge is 2.37. The number of ether oxygens (including phenoxy) is 2. The maximum Gasteiger partial charge on any atom is 0.419 e. The van der Waals surface area contributed by atoms with E-state index in [4.69, 9.17) is 21.1 Å². The van der Waals surface area contributed by atoms with Crippen LogP contribution < -0.4 is 9.64 Å². The van der Waals surface area contributed by atoms with E-state index in [1.807, 2.05) is 0 Å². The molecule has 0 saturated carbocycles. The third-order valence-corrected chi connectivity index (χ3v) is 8.23. The van der Waals surface area contributed by atoms with Crippen molar-refractivity contribution in [3.63, 3.8) is 0 Å². The number of alkyl halides is 3. The van der Waals surface area contributed by atoms with Gasteiger partial charge in [0, 0.05) is 43.6 Å². The summed E-state index contributed by atoms with van der Waals surface area (Å²) in [6, 6.07) is 6.84. The van der Waals surface area contributed by atoms with Gasteiger partial charge < -0.3 is 19.3 Å². The largest absolute Gasteiger partial charge is 0.490 e. The highest BCUT2D eigenvalue weighted by atomic mass is 35.5. The molecule has 3 rings (SSSR count). The normalized spacial score (nSPS) is 15.1. The van der Waals surface area contributed by atoms with E-state index in [2.05, 4.69) is 0 Å². The fourth-order valence-electron chi connectivity index (χ4n) is 4.12. The van der Waals surface area contributed by atoms with E-state index >= 15 is 0 Å². The molecule has 220 valence electrons. The van der Waals surface area contributed by atoms with Crippen LogP contribution in [0.5, 0.6) is 5.75 Å². The molecule has 0 bridgehead atoms. The summed E-state index contributed by atoms with van der Waals surface area (Å²) in [7, 11) is -2.50. The second kappa shape index (κ2) is 11.9. The van der Waals surface area contributed by atoms with Gasteiger partial charge in [0.05, 0.1) is 21.9 Å². The van der Waals surface area contributed by atoms with E-state index in [9.17, 15) is 31.2 Å². The van der Waals surface area contributed by atoms with Gasteiger partial charge in [-0.2, -0.15) is 13.2 Å². The Hall–Kier alpha value is -2.99. The maximum atomic E-state index is 14.0. The van der Waals surface area contributed by atoms with Gasteiger partial charge >= 0.3 is 12.3 Å². The van der Waals surface area contributed by atoms with Crippen LogP contribution in [-0.2, 0) is 20.8 Å². The standard InChI is InChI=1S/C27H32ClF3N2O6S/c1-6-40(36,37)23-10-8-18(28)16-21(23)32(5)24(34)17-7-9-22(20(15-17)27(29,30)31)38-19-11-13-33(14-12-19)25(35)39-26(2,3)4/h7-10,15-16,19H,6,11-14H2,1-5H3. The minimum absolute atomic E-state index is 0.0509. The molecule has 13 heteroatoms. The average molecular weight is 605 g/mol. The van der Waals surface area contributed by atoms with Crippen molar-refractivity contribution in [2.24, 2.45) is 0 Å². The van der Waals surface area contributed by atoms with Crippen molar-refractivity contribution < 1.29 is 40.7 Å². The second-order valence-electron chi connectivity index (χ2n) is 10.4. The Kier molecular flexibility index (Phi) is 9.35. The number of sulfone groups is 1. The zero-order valence-electron chi connectivity index (χ0n) is 22.8. The van der Waals surface area contributed by atoms with Crippen LogP contribution >= 0.6 is 11.6 Å². The molecule has 0 spiro atoms. The van der Waals surface area contributed by atoms with Crippen LogP contribution in [0.3, 0.4) is 0 Å². The van der Waals surface area contributed by atoms with Gasteiger partial charge in [-0.25, -0.2) is 13.2 Å². The lowest BCUT2D eigenvalue weighted by atomic mass is 10.1. The lowest BCUT2D eigenvalue weighted by Crippen LogP contribution is -2.44. The fraction of sp³-hybridized carbons (Fsp3) is 0.481. The average Bonchev–Trinajstić information content (AvgIpc) is 2.86. The van der Waals surface area contributed by atoms with Crippen molar-refractivity contribution >= 4 is 39.1 Å². The number of hydrogen-bond donors (Lipinski definition) is 0. The van der Waals surface area contributed by atoms with Crippen molar-refractivity contribution in [2.75, 3.05) is 30.8 Å². The van der Waals surface area contributed by atoms with Gasteiger partial charge in [0.1, 0.15) is 17.5 Å². The van der Waals surface area contributed by atoms with Crippen LogP contribution in [0.4, 0.5) is 23.7 Å². The molecule has 0 N–H and O–H groups in total. The number of likely N-dealkylation sites (tertiary alicyclic amines) is 1. The van der Waals surface area contributed by atoms with E-state index in [-0.39, 0.29) is 40.0 Å². The lowest BCUT2D eigenvalue weighted by molar-refractivity contribution is -0.139. The van der Waals surface area contributed by atoms with Crippen LogP contribution in [0.2, 0.25) is 5.02 Å². The molecule has 8 nitrogen and oxygen atoms in total. The maximum absolute atomic E-state index is 14.0. The van der Waals surface area contributed by atoms with Gasteiger partial charge in [0.15, 0.2) is 9.84 Å². The van der Waals surface area contributed by atoms with Gasteiger partial charge in [-0.1, -0.05) is 18.5 Å². The summed E-state index contributed by atoms with van der Waals surface area (Å²) >= 11 is 6.03. The van der Waals surface area contributed by atoms with Gasteiger partial charge in [-0.15, -0.1) is 0 Å². The first-order valence-electron chi connectivity index (χ1n) is 12.6. The van der Waals surface area contributed by atoms with Crippen LogP contribution in [0.25, 0.3) is 0 Å². The number of benzene rings is 2. The number of carbonyl (C=O) groups is 2. The molecular formula is C27H32ClF3N2O6S. The zero-order valence-corrected chi connectivity index (χ0v) is 24.4. The van der Waals surface area contributed by atoms with Crippen molar-refractivity contribution in [1.82, 2.24) is 4.90 Å². The molecule has 1 heterocycles. The molecule has 1 aliphatic heterocycles. The monoisotopic (exact) mass is 604 g/mol. The Balaban J connectivity index is 1.83. The summed E-state index contributed by atoms with van der Waals surface area (Å²) in [5.74, 6) is -1.55. The summed E-state index contributed by atoms with van der Waals surface area (Å²) in [5.41, 5.74) is -2.18. The summed E-state index contributed by atoms with van der Waals surface area (Å²) in [6.07, 6.45) is -5.33. The molecule has 1 aliphatic rings. The predicted octanol–water partition coefficient (Wildman–Crippen LogP) is 6.21. The summed E-state index contributed by atoms with van der Waals surface area (Å²) < 4.78 is 78.3. The number of halogens is 4. The summed E-state index contributed by atoms with van der Waals surface area (Å²) in [4.78, 5) is 27.8. The van der Waals surface area contributed by atoms with Gasteiger partial charge in [-0.3, -0.25) is 4.79 Å². The minimum atomic E-state index is -4.84. The topological polar surface area (TPSA) is 93.2 Å². The molecule has 2 aromatic carbocycles. The Morgan fingerprint density at radius 3 is 2.25 bits per heavy atom. The first kappa shape index (κ1) is 31.5. The molecule has 0 unspecified atom stereocenters. The van der Waals surface area contributed by atoms with E-state index in [0.29, 0.717) is 18.9 Å². The SMILES string of the molecule is CCS(=O)(=O)c1ccc(Cl)cc1N(C)C(=O)c1ccc(OC2CCN(C(=O)OC(C)(C)C)CC2)c(C(F)(F)F)c1. The Bertz CT molecular complexity index is 1370. The molecule has 2 aromatic rings. The van der Waals surface area contributed by atoms with Crippen molar-refractivity contribution in [3.05, 3.63) is 52.5 Å². The summed E-state index contributed by atoms with van der Waals surface area (Å²) in [5, 5.41) is 0.155. The first-order chi connectivity index (χ1) is 18.4. The number of hydrogen-bond acceptors (Lipinski definition) is 6. The Morgan fingerprint density at radius 2 is 1.70 bits per heavy atom. The molecule has 0 atom stereocenters. The number of piperidine rings is 1. The van der Waals surface area contributed by atoms with Crippen LogP contribution in [0.1, 0.15) is 56.5 Å². The number of anilines is 1. The number of nitrogens with zero attached hydrogens (tertiary/aromatic N) is 2. The molecule has 0 aliphatic carbocycles. The fourth-order valence-corrected chi connectivity index (χ4v) is 5.39. The molecule has 40 heavy (non-hydrogen) atoms. The second-order valence-corrected chi connectivity index (χ2v) is 13.1. The Labute approximate surface area is 236 Å². The van der Waals surface area contributed by atoms with E-state index in [1.165, 1.54) is 43.1 Å². The van der Waals surface area contributed by atoms with Crippen LogP contribution in [0.15, 0.2) is 41.3 Å². The molecule has 2 amide bonds. The smallest absolute Gasteiger partial charge is 0.419 e. The van der Waals surface area contributed by atoms with Crippen molar-refractivity contribution in [3.8, 4) is 5.75 Å². The lowest BCUT2D eigenvalue weighted by Gasteiger charge is -2.34. The number of carbonyl (C=O) groups excluding carboxylic acids is 2. The highest BCUT2D eigenvalue weighted by Crippen LogP contribution is 2.39. The highest BCUT2D eigenvalue weighted by molar-refractivity contribution is 7.91. The van der Waals surface area contributed by atoms with Crippen molar-refractivity contribution in [2.45, 2.75) is 63.3 Å². The number of amides is 2. The third kappa shape index (κ3) is 7.60. The quantitative estimate of drug-likeness (QED) is 0.389. The molecule has 0 aromatic heterocycles. The van der Waals surface area contributed by atoms with E-state index < -0.39 is 51.0 Å². The van der Waals surface area contributed by atoms with Gasteiger partial charge in [0.2, 0.25) is 0 Å². The first-order valence-corrected chi connectivity index (χ1v) is 14.6. The van der Waals surface area contributed by atoms with Gasteiger partial charge in [-0.05, 0) is 57.2 Å². The predicted molar refractivity (Wildman–Crippen MR) is 145 cm³/mol. The van der Waals surface area contributed by atoms with Crippen molar-refractivity contribution in [1.29, 1.82) is 0 Å². The molecule has 1 saturated heterocycles. The van der Waals surface area contributed by atoms with Gasteiger partial charge in [0.25, 0.3) is 5.91 Å². The van der Waals surface area contributed by atoms with Crippen LogP contribution in [0, 0.1) is 0 Å². The molecular weight excluding hydrogens is 573 g/mol. The minimum Gasteiger partial charge on any atom is -0.490 e. The Morgan fingerprint density at radius 1 is 1.07 bits per heavy atom. The third-order valence-electron chi connectivity index (χ3n) is 6.22. The van der Waals surface area contributed by atoms with Crippen LogP contribution in [-0.4, -0.2) is 62.9 Å². The van der Waals surface area contributed by atoms with E-state index in [0.717, 1.165) is 11.0 Å². The zero-order chi connectivity index (χ0) is 30.0. The number of rotatable bonds is 6. The summed E-state index contributed by atoms with van der Waals surface area (Å²) in [6.45, 7) is 7.17.